The van der Waals surface area contributed by atoms with Crippen LogP contribution in [-0.2, 0) is 9.84 Å². The number of aromatic amines is 1. The van der Waals surface area contributed by atoms with Gasteiger partial charge in [0.05, 0.1) is 22.0 Å². The van der Waals surface area contributed by atoms with Crippen LogP contribution in [0, 0.1) is 19.7 Å². The minimum absolute atomic E-state index is 0.0610. The van der Waals surface area contributed by atoms with Gasteiger partial charge in [-0.1, -0.05) is 6.07 Å². The van der Waals surface area contributed by atoms with Crippen LogP contribution in [0.5, 0.6) is 0 Å². The summed E-state index contributed by atoms with van der Waals surface area (Å²) in [6.45, 7) is 3.68. The molecule has 0 radical (unpaired) electrons. The third-order valence-corrected chi connectivity index (χ3v) is 6.15. The molecule has 2 amide bonds. The zero-order valence-electron chi connectivity index (χ0n) is 13.2. The lowest BCUT2D eigenvalue weighted by Gasteiger charge is -2.38. The Bertz CT molecular complexity index is 868. The number of aromatic nitrogens is 2. The molecule has 2 N–H and O–H groups in total. The standard InChI is InChI=1S/C15H17FN4O3S/c1-9-14(10(2)19-18-9)17-15(21)20-7-13(8-20)24(22,23)12-5-3-4-11(16)6-12/h3-6,13H,7-8H2,1-2H3,(H,17,21)(H,18,19). The second-order valence-corrected chi connectivity index (χ2v) is 8.00. The van der Waals surface area contributed by atoms with E-state index < -0.39 is 20.9 Å². The highest BCUT2D eigenvalue weighted by atomic mass is 32.2. The van der Waals surface area contributed by atoms with Gasteiger partial charge in [-0.3, -0.25) is 5.10 Å². The van der Waals surface area contributed by atoms with Crippen LogP contribution in [0.15, 0.2) is 29.2 Å². The molecule has 0 aliphatic carbocycles. The van der Waals surface area contributed by atoms with E-state index >= 15 is 0 Å². The van der Waals surface area contributed by atoms with Gasteiger partial charge in [0.2, 0.25) is 0 Å². The molecule has 1 saturated heterocycles. The summed E-state index contributed by atoms with van der Waals surface area (Å²) in [5.41, 5.74) is 1.98. The van der Waals surface area contributed by atoms with Crippen molar-refractivity contribution in [3.63, 3.8) is 0 Å². The van der Waals surface area contributed by atoms with Crippen molar-refractivity contribution in [1.82, 2.24) is 15.1 Å². The highest BCUT2D eigenvalue weighted by Gasteiger charge is 2.40. The summed E-state index contributed by atoms with van der Waals surface area (Å²) in [4.78, 5) is 13.5. The maximum Gasteiger partial charge on any atom is 0.322 e. The molecule has 1 aromatic carbocycles. The Morgan fingerprint density at radius 3 is 2.67 bits per heavy atom. The number of benzene rings is 1. The van der Waals surface area contributed by atoms with E-state index in [0.29, 0.717) is 11.4 Å². The number of rotatable bonds is 3. The lowest BCUT2D eigenvalue weighted by Crippen LogP contribution is -2.58. The summed E-state index contributed by atoms with van der Waals surface area (Å²) in [5, 5.41) is 8.74. The lowest BCUT2D eigenvalue weighted by atomic mass is 10.2. The monoisotopic (exact) mass is 352 g/mol. The topological polar surface area (TPSA) is 95.2 Å². The van der Waals surface area contributed by atoms with Gasteiger partial charge in [0.1, 0.15) is 11.1 Å². The molecule has 0 saturated carbocycles. The molecule has 0 spiro atoms. The minimum Gasteiger partial charge on any atom is -0.322 e. The fourth-order valence-electron chi connectivity index (χ4n) is 2.56. The number of hydrogen-bond donors (Lipinski definition) is 2. The number of H-pyrrole nitrogens is 1. The fraction of sp³-hybridized carbons (Fsp3) is 0.333. The van der Waals surface area contributed by atoms with Crippen molar-refractivity contribution < 1.29 is 17.6 Å². The average Bonchev–Trinajstić information content (AvgIpc) is 2.77. The van der Waals surface area contributed by atoms with Crippen molar-refractivity contribution in [2.45, 2.75) is 24.0 Å². The molecule has 1 aliphatic rings. The third kappa shape index (κ3) is 2.86. The number of likely N-dealkylation sites (tertiary alicyclic amines) is 1. The Kier molecular flexibility index (Phi) is 4.04. The smallest absolute Gasteiger partial charge is 0.322 e. The van der Waals surface area contributed by atoms with Crippen LogP contribution in [0.4, 0.5) is 14.9 Å². The second-order valence-electron chi connectivity index (χ2n) is 5.77. The van der Waals surface area contributed by atoms with E-state index in [2.05, 4.69) is 15.5 Å². The van der Waals surface area contributed by atoms with Gasteiger partial charge in [-0.15, -0.1) is 0 Å². The van der Waals surface area contributed by atoms with E-state index in [-0.39, 0.29) is 24.0 Å². The molecule has 1 aliphatic heterocycles. The van der Waals surface area contributed by atoms with Crippen LogP contribution in [0.25, 0.3) is 0 Å². The van der Waals surface area contributed by atoms with E-state index in [1.807, 2.05) is 0 Å². The lowest BCUT2D eigenvalue weighted by molar-refractivity contribution is 0.182. The highest BCUT2D eigenvalue weighted by Crippen LogP contribution is 2.25. The molecule has 2 aromatic rings. The number of sulfone groups is 1. The Labute approximate surface area is 138 Å². The Balaban J connectivity index is 1.66. The summed E-state index contributed by atoms with van der Waals surface area (Å²) in [7, 11) is -3.65. The molecule has 0 unspecified atom stereocenters. The first-order valence-electron chi connectivity index (χ1n) is 7.36. The first-order chi connectivity index (χ1) is 11.3. The maximum atomic E-state index is 13.2. The molecular weight excluding hydrogens is 335 g/mol. The molecule has 1 fully saturated rings. The summed E-state index contributed by atoms with van der Waals surface area (Å²) in [6, 6.07) is 4.52. The summed E-state index contributed by atoms with van der Waals surface area (Å²) in [5.74, 6) is -0.601. The van der Waals surface area contributed by atoms with Crippen molar-refractivity contribution in [3.8, 4) is 0 Å². The molecule has 3 rings (SSSR count). The van der Waals surface area contributed by atoms with E-state index in [9.17, 15) is 17.6 Å². The second kappa shape index (κ2) is 5.90. The number of aryl methyl sites for hydroxylation is 2. The molecule has 9 heteroatoms. The van der Waals surface area contributed by atoms with Crippen LogP contribution in [0.1, 0.15) is 11.4 Å². The molecular formula is C15H17FN4O3S. The number of amides is 2. The average molecular weight is 352 g/mol. The number of nitrogens with zero attached hydrogens (tertiary/aromatic N) is 2. The van der Waals surface area contributed by atoms with Gasteiger partial charge in [-0.2, -0.15) is 5.10 Å². The molecule has 0 bridgehead atoms. The van der Waals surface area contributed by atoms with Gasteiger partial charge in [0.25, 0.3) is 0 Å². The normalized spacial score (nSPS) is 15.2. The van der Waals surface area contributed by atoms with Crippen LogP contribution >= 0.6 is 0 Å². The zero-order chi connectivity index (χ0) is 17.5. The number of carbonyl (C=O) groups excluding carboxylic acids is 1. The predicted octanol–water partition coefficient (Wildman–Crippen LogP) is 1.86. The summed E-state index contributed by atoms with van der Waals surface area (Å²) >= 11 is 0. The highest BCUT2D eigenvalue weighted by molar-refractivity contribution is 7.92. The largest absolute Gasteiger partial charge is 0.322 e. The Hall–Kier alpha value is -2.42. The van der Waals surface area contributed by atoms with Gasteiger partial charge in [0, 0.05) is 13.1 Å². The molecule has 128 valence electrons. The van der Waals surface area contributed by atoms with Gasteiger partial charge in [0.15, 0.2) is 9.84 Å². The number of hydrogen-bond acceptors (Lipinski definition) is 4. The summed E-state index contributed by atoms with van der Waals surface area (Å²) < 4.78 is 38.1. The number of anilines is 1. The number of urea groups is 1. The van der Waals surface area contributed by atoms with Gasteiger partial charge >= 0.3 is 6.03 Å². The van der Waals surface area contributed by atoms with E-state index in [1.165, 1.54) is 23.1 Å². The Morgan fingerprint density at radius 2 is 2.08 bits per heavy atom. The van der Waals surface area contributed by atoms with Crippen molar-refractivity contribution in [3.05, 3.63) is 41.5 Å². The number of halogens is 1. The van der Waals surface area contributed by atoms with Crippen LogP contribution in [0.2, 0.25) is 0 Å². The van der Waals surface area contributed by atoms with Crippen molar-refractivity contribution >= 4 is 21.6 Å². The van der Waals surface area contributed by atoms with Gasteiger partial charge in [-0.05, 0) is 32.0 Å². The molecule has 1 aromatic heterocycles. The minimum atomic E-state index is -3.65. The van der Waals surface area contributed by atoms with Crippen molar-refractivity contribution in [2.24, 2.45) is 0 Å². The van der Waals surface area contributed by atoms with E-state index in [4.69, 9.17) is 0 Å². The third-order valence-electron chi connectivity index (χ3n) is 4.06. The van der Waals surface area contributed by atoms with Crippen LogP contribution < -0.4 is 5.32 Å². The molecule has 2 heterocycles. The predicted molar refractivity (Wildman–Crippen MR) is 86.0 cm³/mol. The number of carbonyl (C=O) groups is 1. The maximum absolute atomic E-state index is 13.2. The first-order valence-corrected chi connectivity index (χ1v) is 8.90. The van der Waals surface area contributed by atoms with Gasteiger partial charge < -0.3 is 10.2 Å². The quantitative estimate of drug-likeness (QED) is 0.881. The first kappa shape index (κ1) is 16.4. The van der Waals surface area contributed by atoms with Crippen LogP contribution in [-0.4, -0.2) is 47.9 Å². The Morgan fingerprint density at radius 1 is 1.38 bits per heavy atom. The summed E-state index contributed by atoms with van der Waals surface area (Å²) in [6.07, 6.45) is 0. The number of nitrogens with one attached hydrogen (secondary N) is 2. The zero-order valence-corrected chi connectivity index (χ0v) is 14.0. The van der Waals surface area contributed by atoms with Crippen LogP contribution in [0.3, 0.4) is 0 Å². The van der Waals surface area contributed by atoms with E-state index in [0.717, 1.165) is 11.8 Å². The van der Waals surface area contributed by atoms with Gasteiger partial charge in [-0.25, -0.2) is 17.6 Å². The fourth-order valence-corrected chi connectivity index (χ4v) is 4.24. The SMILES string of the molecule is Cc1n[nH]c(C)c1NC(=O)N1CC(S(=O)(=O)c2cccc(F)c2)C1. The van der Waals surface area contributed by atoms with Crippen molar-refractivity contribution in [1.29, 1.82) is 0 Å². The van der Waals surface area contributed by atoms with Crippen molar-refractivity contribution in [2.75, 3.05) is 18.4 Å². The molecule has 0 atom stereocenters. The molecule has 24 heavy (non-hydrogen) atoms. The van der Waals surface area contributed by atoms with E-state index in [1.54, 1.807) is 13.8 Å². The molecule has 7 nitrogen and oxygen atoms in total.